The molecule has 1 atom stereocenters. The second kappa shape index (κ2) is 7.40. The number of nitrogens with one attached hydrogen (secondary N) is 1. The van der Waals surface area contributed by atoms with E-state index in [-0.39, 0.29) is 12.0 Å². The molecule has 0 spiro atoms. The molecule has 0 aromatic carbocycles. The summed E-state index contributed by atoms with van der Waals surface area (Å²) in [5, 5.41) is 11.6. The van der Waals surface area contributed by atoms with Crippen molar-refractivity contribution in [1.29, 1.82) is 0 Å². The number of carbonyl (C=O) groups is 1. The van der Waals surface area contributed by atoms with Crippen LogP contribution in [0.1, 0.15) is 49.6 Å². The van der Waals surface area contributed by atoms with Crippen molar-refractivity contribution in [3.8, 4) is 0 Å². The number of rotatable bonds is 5. The SMILES string of the molecule is CC(C)COC1CCN(C(=O)c2cn(C3CCNCC3)nn2)C1. The van der Waals surface area contributed by atoms with E-state index in [2.05, 4.69) is 29.5 Å². The smallest absolute Gasteiger partial charge is 0.276 e. The normalized spacial score (nSPS) is 22.9. The van der Waals surface area contributed by atoms with Gasteiger partial charge < -0.3 is 15.0 Å². The van der Waals surface area contributed by atoms with Gasteiger partial charge in [0.25, 0.3) is 5.91 Å². The lowest BCUT2D eigenvalue weighted by Gasteiger charge is -2.22. The molecule has 7 heteroatoms. The minimum absolute atomic E-state index is 0.0270. The Bertz CT molecular complexity index is 524. The molecular weight excluding hydrogens is 294 g/mol. The van der Waals surface area contributed by atoms with E-state index in [0.717, 1.165) is 45.5 Å². The van der Waals surface area contributed by atoms with Crippen molar-refractivity contribution in [2.45, 2.75) is 45.3 Å². The first-order valence-electron chi connectivity index (χ1n) is 8.67. The standard InChI is InChI=1S/C16H27N5O2/c1-12(2)11-23-14-5-8-20(9-14)16(22)15-10-21(19-18-15)13-3-6-17-7-4-13/h10,12-14,17H,3-9,11H2,1-2H3. The highest BCUT2D eigenvalue weighted by Crippen LogP contribution is 2.19. The van der Waals surface area contributed by atoms with E-state index in [1.165, 1.54) is 0 Å². The van der Waals surface area contributed by atoms with Crippen molar-refractivity contribution in [3.05, 3.63) is 11.9 Å². The molecule has 7 nitrogen and oxygen atoms in total. The van der Waals surface area contributed by atoms with E-state index in [4.69, 9.17) is 4.74 Å². The lowest BCUT2D eigenvalue weighted by molar-refractivity contribution is 0.0395. The average molecular weight is 321 g/mol. The van der Waals surface area contributed by atoms with Gasteiger partial charge in [-0.25, -0.2) is 4.68 Å². The molecule has 1 unspecified atom stereocenters. The highest BCUT2D eigenvalue weighted by atomic mass is 16.5. The molecule has 0 radical (unpaired) electrons. The summed E-state index contributed by atoms with van der Waals surface area (Å²) in [6.45, 7) is 8.41. The molecule has 1 aromatic heterocycles. The van der Waals surface area contributed by atoms with Gasteiger partial charge in [0, 0.05) is 19.7 Å². The zero-order valence-electron chi connectivity index (χ0n) is 14.1. The minimum Gasteiger partial charge on any atom is -0.376 e. The number of carbonyl (C=O) groups excluding carboxylic acids is 1. The van der Waals surface area contributed by atoms with E-state index >= 15 is 0 Å². The van der Waals surface area contributed by atoms with Gasteiger partial charge in [0.15, 0.2) is 5.69 Å². The Hall–Kier alpha value is -1.47. The molecule has 0 aliphatic carbocycles. The van der Waals surface area contributed by atoms with E-state index in [0.29, 0.717) is 24.2 Å². The Labute approximate surface area is 137 Å². The zero-order valence-corrected chi connectivity index (χ0v) is 14.1. The summed E-state index contributed by atoms with van der Waals surface area (Å²) in [5.74, 6) is 0.491. The van der Waals surface area contributed by atoms with Gasteiger partial charge in [0.2, 0.25) is 0 Å². The van der Waals surface area contributed by atoms with Crippen molar-refractivity contribution in [1.82, 2.24) is 25.2 Å². The van der Waals surface area contributed by atoms with Gasteiger partial charge in [-0.2, -0.15) is 0 Å². The quantitative estimate of drug-likeness (QED) is 0.879. The van der Waals surface area contributed by atoms with Crippen LogP contribution in [0.25, 0.3) is 0 Å². The molecule has 1 aromatic rings. The first-order chi connectivity index (χ1) is 11.1. The van der Waals surface area contributed by atoms with Gasteiger partial charge >= 0.3 is 0 Å². The molecule has 1 amide bonds. The third-order valence-electron chi connectivity index (χ3n) is 4.51. The van der Waals surface area contributed by atoms with E-state index < -0.39 is 0 Å². The maximum absolute atomic E-state index is 12.6. The number of ether oxygens (including phenoxy) is 1. The summed E-state index contributed by atoms with van der Waals surface area (Å²) in [6, 6.07) is 0.353. The number of likely N-dealkylation sites (tertiary alicyclic amines) is 1. The van der Waals surface area contributed by atoms with Crippen LogP contribution in [0.5, 0.6) is 0 Å². The molecule has 0 saturated carbocycles. The van der Waals surface area contributed by atoms with Gasteiger partial charge in [0.05, 0.1) is 18.3 Å². The van der Waals surface area contributed by atoms with Gasteiger partial charge in [-0.05, 0) is 38.3 Å². The molecule has 23 heavy (non-hydrogen) atoms. The van der Waals surface area contributed by atoms with Crippen molar-refractivity contribution in [2.24, 2.45) is 5.92 Å². The second-order valence-electron chi connectivity index (χ2n) is 6.95. The Morgan fingerprint density at radius 1 is 1.39 bits per heavy atom. The van der Waals surface area contributed by atoms with Crippen molar-refractivity contribution >= 4 is 5.91 Å². The van der Waals surface area contributed by atoms with Crippen LogP contribution in [-0.2, 0) is 4.74 Å². The van der Waals surface area contributed by atoms with Crippen LogP contribution in [0.4, 0.5) is 0 Å². The Kier molecular flexibility index (Phi) is 5.27. The maximum Gasteiger partial charge on any atom is 0.276 e. The Morgan fingerprint density at radius 3 is 2.91 bits per heavy atom. The summed E-state index contributed by atoms with van der Waals surface area (Å²) in [5.41, 5.74) is 0.452. The molecule has 3 rings (SSSR count). The van der Waals surface area contributed by atoms with E-state index in [1.54, 1.807) is 6.20 Å². The van der Waals surface area contributed by atoms with Crippen molar-refractivity contribution in [3.63, 3.8) is 0 Å². The fourth-order valence-electron chi connectivity index (χ4n) is 3.16. The van der Waals surface area contributed by atoms with Gasteiger partial charge in [-0.15, -0.1) is 5.10 Å². The molecule has 1 N–H and O–H groups in total. The topological polar surface area (TPSA) is 72.3 Å². The maximum atomic E-state index is 12.6. The lowest BCUT2D eigenvalue weighted by atomic mass is 10.1. The predicted octanol–water partition coefficient (Wildman–Crippen LogP) is 1.09. The monoisotopic (exact) mass is 321 g/mol. The summed E-state index contributed by atoms with van der Waals surface area (Å²) < 4.78 is 7.70. The number of amides is 1. The number of piperidine rings is 1. The summed E-state index contributed by atoms with van der Waals surface area (Å²) in [4.78, 5) is 14.4. The second-order valence-corrected chi connectivity index (χ2v) is 6.95. The third-order valence-corrected chi connectivity index (χ3v) is 4.51. The first kappa shape index (κ1) is 16.4. The minimum atomic E-state index is -0.0270. The van der Waals surface area contributed by atoms with Crippen molar-refractivity contribution in [2.75, 3.05) is 32.8 Å². The Balaban J connectivity index is 1.55. The van der Waals surface area contributed by atoms with Crippen LogP contribution in [0, 0.1) is 5.92 Å². The highest BCUT2D eigenvalue weighted by molar-refractivity contribution is 5.92. The van der Waals surface area contributed by atoms with Gasteiger partial charge in [-0.3, -0.25) is 4.79 Å². The molecule has 2 aliphatic heterocycles. The van der Waals surface area contributed by atoms with Gasteiger partial charge in [0.1, 0.15) is 0 Å². The Morgan fingerprint density at radius 2 is 2.17 bits per heavy atom. The fourth-order valence-corrected chi connectivity index (χ4v) is 3.16. The number of hydrogen-bond acceptors (Lipinski definition) is 5. The van der Waals surface area contributed by atoms with Crippen LogP contribution in [0.15, 0.2) is 6.20 Å². The molecule has 2 fully saturated rings. The van der Waals surface area contributed by atoms with E-state index in [9.17, 15) is 4.79 Å². The van der Waals surface area contributed by atoms with Crippen LogP contribution >= 0.6 is 0 Å². The summed E-state index contributed by atoms with van der Waals surface area (Å²) in [6.07, 6.45) is 4.93. The van der Waals surface area contributed by atoms with Gasteiger partial charge in [-0.1, -0.05) is 19.1 Å². The first-order valence-corrected chi connectivity index (χ1v) is 8.67. The fraction of sp³-hybridized carbons (Fsp3) is 0.812. The average Bonchev–Trinajstić information content (AvgIpc) is 3.23. The zero-order chi connectivity index (χ0) is 16.2. The molecule has 2 saturated heterocycles. The molecular formula is C16H27N5O2. The largest absolute Gasteiger partial charge is 0.376 e. The highest BCUT2D eigenvalue weighted by Gasteiger charge is 2.29. The molecule has 0 bridgehead atoms. The van der Waals surface area contributed by atoms with Crippen LogP contribution < -0.4 is 5.32 Å². The predicted molar refractivity (Wildman–Crippen MR) is 86.3 cm³/mol. The lowest BCUT2D eigenvalue weighted by Crippen LogP contribution is -2.31. The molecule has 128 valence electrons. The molecule has 2 aliphatic rings. The van der Waals surface area contributed by atoms with E-state index in [1.807, 2.05) is 9.58 Å². The molecule has 3 heterocycles. The number of nitrogens with zero attached hydrogens (tertiary/aromatic N) is 4. The third kappa shape index (κ3) is 4.09. The van der Waals surface area contributed by atoms with Crippen molar-refractivity contribution < 1.29 is 9.53 Å². The summed E-state index contributed by atoms with van der Waals surface area (Å²) >= 11 is 0. The van der Waals surface area contributed by atoms with Crippen LogP contribution in [-0.4, -0.2) is 64.7 Å². The summed E-state index contributed by atoms with van der Waals surface area (Å²) in [7, 11) is 0. The number of hydrogen-bond donors (Lipinski definition) is 1. The van der Waals surface area contributed by atoms with Crippen LogP contribution in [0.2, 0.25) is 0 Å². The van der Waals surface area contributed by atoms with Crippen LogP contribution in [0.3, 0.4) is 0 Å². The number of aromatic nitrogens is 3.